The lowest BCUT2D eigenvalue weighted by Crippen LogP contribution is -2.42. The van der Waals surface area contributed by atoms with Crippen molar-refractivity contribution in [3.05, 3.63) is 0 Å². The zero-order valence-corrected chi connectivity index (χ0v) is 12.1. The topological polar surface area (TPSA) is 78.9 Å². The molecule has 0 aromatic carbocycles. The van der Waals surface area contributed by atoms with E-state index in [1.54, 1.807) is 4.90 Å². The molecule has 2 atom stereocenters. The van der Waals surface area contributed by atoms with Crippen molar-refractivity contribution in [3.8, 4) is 0 Å². The van der Waals surface area contributed by atoms with Gasteiger partial charge in [-0.2, -0.15) is 0 Å². The number of likely N-dealkylation sites (tertiary alicyclic amines) is 1. The summed E-state index contributed by atoms with van der Waals surface area (Å²) in [5.74, 6) is -0.797. The number of carbonyl (C=O) groups is 2. The molecule has 2 N–H and O–H groups in total. The maximum absolute atomic E-state index is 12.0. The monoisotopic (exact) mass is 284 g/mol. The van der Waals surface area contributed by atoms with Crippen LogP contribution in [0.1, 0.15) is 39.0 Å². The van der Waals surface area contributed by atoms with Gasteiger partial charge < -0.3 is 20.1 Å². The third-order valence-corrected chi connectivity index (χ3v) is 4.54. The van der Waals surface area contributed by atoms with Crippen molar-refractivity contribution in [2.24, 2.45) is 5.41 Å². The number of aliphatic carboxylic acids is 1. The summed E-state index contributed by atoms with van der Waals surface area (Å²) in [5, 5.41) is 12.2. The van der Waals surface area contributed by atoms with Crippen molar-refractivity contribution in [3.63, 3.8) is 0 Å². The van der Waals surface area contributed by atoms with E-state index in [9.17, 15) is 14.7 Å². The number of hydrogen-bond donors (Lipinski definition) is 2. The van der Waals surface area contributed by atoms with Crippen LogP contribution < -0.4 is 5.32 Å². The van der Waals surface area contributed by atoms with Gasteiger partial charge in [0.05, 0.1) is 11.5 Å². The van der Waals surface area contributed by atoms with Gasteiger partial charge in [-0.15, -0.1) is 0 Å². The predicted molar refractivity (Wildman–Crippen MR) is 73.5 cm³/mol. The molecule has 0 bridgehead atoms. The first kappa shape index (κ1) is 15.1. The highest BCUT2D eigenvalue weighted by Crippen LogP contribution is 2.34. The molecule has 2 heterocycles. The number of urea groups is 1. The van der Waals surface area contributed by atoms with E-state index in [0.29, 0.717) is 32.5 Å². The summed E-state index contributed by atoms with van der Waals surface area (Å²) in [6, 6.07) is -0.153. The molecule has 2 rings (SSSR count). The molecule has 0 spiro atoms. The highest BCUT2D eigenvalue weighted by Gasteiger charge is 2.44. The van der Waals surface area contributed by atoms with Gasteiger partial charge in [0, 0.05) is 26.2 Å². The average Bonchev–Trinajstić information content (AvgIpc) is 3.08. The number of hydrogen-bond acceptors (Lipinski definition) is 3. The second-order valence-electron chi connectivity index (χ2n) is 5.77. The lowest BCUT2D eigenvalue weighted by Gasteiger charge is -2.23. The van der Waals surface area contributed by atoms with E-state index in [4.69, 9.17) is 4.74 Å². The molecule has 0 aromatic heterocycles. The summed E-state index contributed by atoms with van der Waals surface area (Å²) in [7, 11) is 0. The lowest BCUT2D eigenvalue weighted by molar-refractivity contribution is -0.148. The molecule has 114 valence electrons. The first-order chi connectivity index (χ1) is 9.57. The molecule has 20 heavy (non-hydrogen) atoms. The smallest absolute Gasteiger partial charge is 0.317 e. The highest BCUT2D eigenvalue weighted by molar-refractivity contribution is 5.79. The van der Waals surface area contributed by atoms with Crippen molar-refractivity contribution in [1.82, 2.24) is 10.2 Å². The van der Waals surface area contributed by atoms with Gasteiger partial charge in [-0.1, -0.05) is 6.92 Å². The van der Waals surface area contributed by atoms with E-state index in [1.807, 2.05) is 6.92 Å². The Morgan fingerprint density at radius 2 is 2.30 bits per heavy atom. The van der Waals surface area contributed by atoms with Crippen molar-refractivity contribution in [1.29, 1.82) is 0 Å². The van der Waals surface area contributed by atoms with Gasteiger partial charge in [0.2, 0.25) is 0 Å². The molecule has 2 aliphatic heterocycles. The van der Waals surface area contributed by atoms with Crippen LogP contribution in [0, 0.1) is 5.41 Å². The van der Waals surface area contributed by atoms with Crippen molar-refractivity contribution < 1.29 is 19.4 Å². The average molecular weight is 284 g/mol. The third kappa shape index (κ3) is 3.23. The largest absolute Gasteiger partial charge is 0.481 e. The Morgan fingerprint density at radius 1 is 1.50 bits per heavy atom. The number of ether oxygens (including phenoxy) is 1. The van der Waals surface area contributed by atoms with Crippen molar-refractivity contribution in [2.45, 2.75) is 45.1 Å². The van der Waals surface area contributed by atoms with E-state index in [2.05, 4.69) is 5.32 Å². The minimum absolute atomic E-state index is 0.153. The molecule has 0 aromatic rings. The normalized spacial score (nSPS) is 29.6. The number of rotatable bonds is 5. The summed E-state index contributed by atoms with van der Waals surface area (Å²) >= 11 is 0. The minimum Gasteiger partial charge on any atom is -0.481 e. The van der Waals surface area contributed by atoms with E-state index < -0.39 is 11.4 Å². The first-order valence-corrected chi connectivity index (χ1v) is 7.45. The van der Waals surface area contributed by atoms with E-state index >= 15 is 0 Å². The fourth-order valence-corrected chi connectivity index (χ4v) is 2.98. The Morgan fingerprint density at radius 3 is 2.85 bits per heavy atom. The van der Waals surface area contributed by atoms with Gasteiger partial charge in [0.15, 0.2) is 0 Å². The molecule has 2 aliphatic rings. The van der Waals surface area contributed by atoms with Crippen LogP contribution in [-0.2, 0) is 9.53 Å². The van der Waals surface area contributed by atoms with Gasteiger partial charge in [-0.3, -0.25) is 4.79 Å². The van der Waals surface area contributed by atoms with Gasteiger partial charge in [-0.05, 0) is 32.1 Å². The quantitative estimate of drug-likeness (QED) is 0.801. The van der Waals surface area contributed by atoms with Crippen LogP contribution in [0.25, 0.3) is 0 Å². The Bertz CT molecular complexity index is 368. The van der Waals surface area contributed by atoms with Gasteiger partial charge in [-0.25, -0.2) is 4.79 Å². The molecular formula is C14H24N2O4. The molecule has 2 unspecified atom stereocenters. The standard InChI is InChI=1S/C14H24N2O4/c1-2-14(12(17)18)6-8-16(10-14)13(19)15-7-5-11-4-3-9-20-11/h11H,2-10H2,1H3,(H,15,19)(H,17,18). The fourth-order valence-electron chi connectivity index (χ4n) is 2.98. The maximum atomic E-state index is 12.0. The Hall–Kier alpha value is -1.30. The molecule has 0 aliphatic carbocycles. The van der Waals surface area contributed by atoms with Crippen LogP contribution in [0.2, 0.25) is 0 Å². The number of nitrogens with one attached hydrogen (secondary N) is 1. The summed E-state index contributed by atoms with van der Waals surface area (Å²) < 4.78 is 5.50. The van der Waals surface area contributed by atoms with Crippen LogP contribution in [0.4, 0.5) is 4.79 Å². The van der Waals surface area contributed by atoms with Gasteiger partial charge >= 0.3 is 12.0 Å². The zero-order valence-electron chi connectivity index (χ0n) is 12.1. The Balaban J connectivity index is 1.74. The minimum atomic E-state index is -0.797. The van der Waals surface area contributed by atoms with E-state index in [-0.39, 0.29) is 12.1 Å². The van der Waals surface area contributed by atoms with Crippen molar-refractivity contribution in [2.75, 3.05) is 26.2 Å². The fraction of sp³-hybridized carbons (Fsp3) is 0.857. The summed E-state index contributed by atoms with van der Waals surface area (Å²) in [6.45, 7) is 4.11. The van der Waals surface area contributed by atoms with Crippen molar-refractivity contribution >= 4 is 12.0 Å². The lowest BCUT2D eigenvalue weighted by atomic mass is 9.84. The number of carboxylic acids is 1. The zero-order chi connectivity index (χ0) is 14.6. The molecule has 2 saturated heterocycles. The van der Waals surface area contributed by atoms with E-state index in [0.717, 1.165) is 25.9 Å². The summed E-state index contributed by atoms with van der Waals surface area (Å²) in [6.07, 6.45) is 4.36. The van der Waals surface area contributed by atoms with Crippen LogP contribution in [0.15, 0.2) is 0 Å². The molecule has 0 saturated carbocycles. The van der Waals surface area contributed by atoms with Gasteiger partial charge in [0.1, 0.15) is 0 Å². The number of amides is 2. The highest BCUT2D eigenvalue weighted by atomic mass is 16.5. The third-order valence-electron chi connectivity index (χ3n) is 4.54. The Labute approximate surface area is 119 Å². The number of carbonyl (C=O) groups excluding carboxylic acids is 1. The maximum Gasteiger partial charge on any atom is 0.317 e. The molecule has 6 nitrogen and oxygen atoms in total. The first-order valence-electron chi connectivity index (χ1n) is 7.45. The Kier molecular flexibility index (Phi) is 4.86. The molecule has 0 radical (unpaired) electrons. The number of nitrogens with zero attached hydrogens (tertiary/aromatic N) is 1. The second-order valence-corrected chi connectivity index (χ2v) is 5.77. The summed E-state index contributed by atoms with van der Waals surface area (Å²) in [4.78, 5) is 25.0. The van der Waals surface area contributed by atoms with Crippen LogP contribution in [-0.4, -0.2) is 54.4 Å². The summed E-state index contributed by atoms with van der Waals surface area (Å²) in [5.41, 5.74) is -0.758. The van der Waals surface area contributed by atoms with Crippen LogP contribution >= 0.6 is 0 Å². The molecule has 6 heteroatoms. The molecular weight excluding hydrogens is 260 g/mol. The van der Waals surface area contributed by atoms with Crippen LogP contribution in [0.3, 0.4) is 0 Å². The number of carboxylic acid groups (broad SMARTS) is 1. The predicted octanol–water partition coefficient (Wildman–Crippen LogP) is 1.45. The second kappa shape index (κ2) is 6.43. The molecule has 2 fully saturated rings. The molecule has 2 amide bonds. The van der Waals surface area contributed by atoms with E-state index in [1.165, 1.54) is 0 Å². The SMILES string of the molecule is CCC1(C(=O)O)CCN(C(=O)NCCC2CCCO2)C1. The van der Waals surface area contributed by atoms with Gasteiger partial charge in [0.25, 0.3) is 0 Å². The van der Waals surface area contributed by atoms with Crippen LogP contribution in [0.5, 0.6) is 0 Å².